The molecule has 2 aromatic carbocycles. The van der Waals surface area contributed by atoms with E-state index in [1.54, 1.807) is 0 Å². The van der Waals surface area contributed by atoms with Gasteiger partial charge in [-0.2, -0.15) is 0 Å². The number of halogens is 2. The molecule has 0 unspecified atom stereocenters. The highest BCUT2D eigenvalue weighted by Gasteiger charge is 2.14. The number of rotatable bonds is 0. The van der Waals surface area contributed by atoms with Crippen LogP contribution in [0.4, 0.5) is 0 Å². The standard InChI is InChI=1S/C16H8Cl2N2/c17-14-9-5-1-3-7-11(9)19-16-13(14)15(18)10-6-2-4-8-12(10)20-16/h1-8H. The number of fused-ring (bicyclic) bond motifs is 3. The molecule has 4 rings (SSSR count). The molecule has 0 saturated heterocycles. The van der Waals surface area contributed by atoms with Gasteiger partial charge in [0.25, 0.3) is 0 Å². The van der Waals surface area contributed by atoms with Crippen molar-refractivity contribution < 1.29 is 0 Å². The molecule has 0 bridgehead atoms. The van der Waals surface area contributed by atoms with E-state index in [1.165, 1.54) is 0 Å². The average molecular weight is 299 g/mol. The van der Waals surface area contributed by atoms with Gasteiger partial charge in [-0.15, -0.1) is 0 Å². The summed E-state index contributed by atoms with van der Waals surface area (Å²) in [6, 6.07) is 15.5. The molecule has 0 aliphatic carbocycles. The topological polar surface area (TPSA) is 25.8 Å². The second-order valence-electron chi connectivity index (χ2n) is 4.58. The molecule has 96 valence electrons. The normalized spacial score (nSPS) is 11.5. The molecule has 0 N–H and O–H groups in total. The molecule has 0 amide bonds. The molecule has 0 spiro atoms. The quantitative estimate of drug-likeness (QED) is 0.415. The van der Waals surface area contributed by atoms with Gasteiger partial charge < -0.3 is 0 Å². The van der Waals surface area contributed by atoms with Crippen molar-refractivity contribution in [1.82, 2.24) is 9.97 Å². The zero-order valence-corrected chi connectivity index (χ0v) is 11.8. The van der Waals surface area contributed by atoms with Crippen LogP contribution in [0.15, 0.2) is 48.5 Å². The molecule has 20 heavy (non-hydrogen) atoms. The lowest BCUT2D eigenvalue weighted by Gasteiger charge is -2.08. The van der Waals surface area contributed by atoms with Crippen LogP contribution in [0.3, 0.4) is 0 Å². The summed E-state index contributed by atoms with van der Waals surface area (Å²) < 4.78 is 0. The number of hydrogen-bond donors (Lipinski definition) is 0. The molecule has 2 aromatic heterocycles. The second kappa shape index (κ2) is 4.30. The fraction of sp³-hybridized carbons (Fsp3) is 0. The van der Waals surface area contributed by atoms with E-state index in [9.17, 15) is 0 Å². The zero-order chi connectivity index (χ0) is 13.7. The summed E-state index contributed by atoms with van der Waals surface area (Å²) in [5, 5.41) is 3.70. The number of aromatic nitrogens is 2. The molecule has 0 saturated carbocycles. The predicted octanol–water partition coefficient (Wildman–Crippen LogP) is 5.24. The highest BCUT2D eigenvalue weighted by atomic mass is 35.5. The fourth-order valence-electron chi connectivity index (χ4n) is 2.44. The number of para-hydroxylation sites is 2. The molecule has 4 heteroatoms. The van der Waals surface area contributed by atoms with Gasteiger partial charge in [-0.25, -0.2) is 9.97 Å². The first-order valence-corrected chi connectivity index (χ1v) is 6.93. The Hall–Kier alpha value is -1.90. The van der Waals surface area contributed by atoms with Gasteiger partial charge in [-0.1, -0.05) is 59.6 Å². The van der Waals surface area contributed by atoms with Gasteiger partial charge in [0, 0.05) is 10.8 Å². The largest absolute Gasteiger partial charge is 0.228 e. The van der Waals surface area contributed by atoms with E-state index in [4.69, 9.17) is 23.2 Å². The summed E-state index contributed by atoms with van der Waals surface area (Å²) in [6.45, 7) is 0. The van der Waals surface area contributed by atoms with Crippen LogP contribution in [0, 0.1) is 0 Å². The molecule has 2 heterocycles. The van der Waals surface area contributed by atoms with Gasteiger partial charge in [0.05, 0.1) is 26.5 Å². The number of pyridine rings is 2. The van der Waals surface area contributed by atoms with Crippen LogP contribution in [0.25, 0.3) is 32.8 Å². The number of benzene rings is 2. The first kappa shape index (κ1) is 11.9. The van der Waals surface area contributed by atoms with E-state index in [2.05, 4.69) is 9.97 Å². The molecule has 0 fully saturated rings. The minimum atomic E-state index is 0.581. The van der Waals surface area contributed by atoms with Crippen LogP contribution in [0.5, 0.6) is 0 Å². The van der Waals surface area contributed by atoms with E-state index in [1.807, 2.05) is 48.5 Å². The predicted molar refractivity (Wildman–Crippen MR) is 84.6 cm³/mol. The van der Waals surface area contributed by atoms with Gasteiger partial charge in [0.1, 0.15) is 0 Å². The third-order valence-corrected chi connectivity index (χ3v) is 4.18. The molecule has 0 radical (unpaired) electrons. The Morgan fingerprint density at radius 3 is 1.60 bits per heavy atom. The summed E-state index contributed by atoms with van der Waals surface area (Å²) >= 11 is 13.0. The Morgan fingerprint density at radius 1 is 0.650 bits per heavy atom. The van der Waals surface area contributed by atoms with Crippen molar-refractivity contribution in [2.24, 2.45) is 0 Å². The lowest BCUT2D eigenvalue weighted by molar-refractivity contribution is 1.38. The molecule has 4 aromatic rings. The van der Waals surface area contributed by atoms with Gasteiger partial charge in [-0.3, -0.25) is 0 Å². The van der Waals surface area contributed by atoms with Gasteiger partial charge in [-0.05, 0) is 12.1 Å². The molecule has 0 aliphatic rings. The molecule has 0 atom stereocenters. The summed E-state index contributed by atoms with van der Waals surface area (Å²) in [7, 11) is 0. The molecular weight excluding hydrogens is 291 g/mol. The Labute approximate surface area is 125 Å². The number of hydrogen-bond acceptors (Lipinski definition) is 2. The SMILES string of the molecule is Clc1c2ccccc2nc2nc3ccccc3c(Cl)c12. The first-order valence-electron chi connectivity index (χ1n) is 6.18. The highest BCUT2D eigenvalue weighted by Crippen LogP contribution is 2.37. The zero-order valence-electron chi connectivity index (χ0n) is 10.3. The molecule has 0 aliphatic heterocycles. The lowest BCUT2D eigenvalue weighted by atomic mass is 10.1. The van der Waals surface area contributed by atoms with E-state index >= 15 is 0 Å². The maximum atomic E-state index is 6.52. The Balaban J connectivity index is 2.31. The number of nitrogens with zero attached hydrogens (tertiary/aromatic N) is 2. The summed E-state index contributed by atoms with van der Waals surface area (Å²) in [5.41, 5.74) is 2.23. The maximum Gasteiger partial charge on any atom is 0.163 e. The summed E-state index contributed by atoms with van der Waals surface area (Å²) in [4.78, 5) is 9.14. The summed E-state index contributed by atoms with van der Waals surface area (Å²) in [5.74, 6) is 0. The van der Waals surface area contributed by atoms with Crippen LogP contribution < -0.4 is 0 Å². The van der Waals surface area contributed by atoms with Crippen molar-refractivity contribution in [2.75, 3.05) is 0 Å². The van der Waals surface area contributed by atoms with Crippen molar-refractivity contribution in [1.29, 1.82) is 0 Å². The van der Waals surface area contributed by atoms with Gasteiger partial charge in [0.2, 0.25) is 0 Å². The third-order valence-electron chi connectivity index (χ3n) is 3.40. The highest BCUT2D eigenvalue weighted by molar-refractivity contribution is 6.47. The van der Waals surface area contributed by atoms with E-state index in [0.29, 0.717) is 21.1 Å². The van der Waals surface area contributed by atoms with Crippen molar-refractivity contribution in [3.63, 3.8) is 0 Å². The van der Waals surface area contributed by atoms with Crippen molar-refractivity contribution in [3.05, 3.63) is 58.6 Å². The Kier molecular flexibility index (Phi) is 2.56. The first-order chi connectivity index (χ1) is 9.75. The fourth-order valence-corrected chi connectivity index (χ4v) is 3.17. The molecule has 2 nitrogen and oxygen atoms in total. The lowest BCUT2D eigenvalue weighted by Crippen LogP contribution is -1.90. The van der Waals surface area contributed by atoms with Gasteiger partial charge in [0.15, 0.2) is 5.65 Å². The van der Waals surface area contributed by atoms with Crippen molar-refractivity contribution >= 4 is 56.0 Å². The smallest absolute Gasteiger partial charge is 0.163 e. The average Bonchev–Trinajstić information content (AvgIpc) is 2.47. The van der Waals surface area contributed by atoms with Crippen molar-refractivity contribution in [3.8, 4) is 0 Å². The van der Waals surface area contributed by atoms with Crippen LogP contribution in [0.2, 0.25) is 10.0 Å². The van der Waals surface area contributed by atoms with E-state index in [0.717, 1.165) is 21.8 Å². The molecular formula is C16H8Cl2N2. The minimum absolute atomic E-state index is 0.581. The van der Waals surface area contributed by atoms with Crippen LogP contribution in [0.1, 0.15) is 0 Å². The minimum Gasteiger partial charge on any atom is -0.228 e. The monoisotopic (exact) mass is 298 g/mol. The van der Waals surface area contributed by atoms with Crippen LogP contribution >= 0.6 is 23.2 Å². The Morgan fingerprint density at radius 2 is 1.10 bits per heavy atom. The van der Waals surface area contributed by atoms with Crippen molar-refractivity contribution in [2.45, 2.75) is 0 Å². The maximum absolute atomic E-state index is 6.52. The van der Waals surface area contributed by atoms with E-state index in [-0.39, 0.29) is 0 Å². The van der Waals surface area contributed by atoms with Crippen LogP contribution in [-0.2, 0) is 0 Å². The van der Waals surface area contributed by atoms with E-state index < -0.39 is 0 Å². The van der Waals surface area contributed by atoms with Crippen LogP contribution in [-0.4, -0.2) is 9.97 Å². The van der Waals surface area contributed by atoms with Gasteiger partial charge >= 0.3 is 0 Å². The summed E-state index contributed by atoms with van der Waals surface area (Å²) in [6.07, 6.45) is 0. The second-order valence-corrected chi connectivity index (χ2v) is 5.34. The third kappa shape index (κ3) is 1.59. The Bertz CT molecular complexity index is 903.